The second-order valence-corrected chi connectivity index (χ2v) is 9.88. The minimum atomic E-state index is -3.79. The van der Waals surface area contributed by atoms with E-state index in [2.05, 4.69) is 15.6 Å². The summed E-state index contributed by atoms with van der Waals surface area (Å²) in [4.78, 5) is 28.4. The first-order valence-corrected chi connectivity index (χ1v) is 12.2. The average Bonchev–Trinajstić information content (AvgIpc) is 3.15. The summed E-state index contributed by atoms with van der Waals surface area (Å²) >= 11 is 2.54. The Morgan fingerprint density at radius 1 is 1.00 bits per heavy atom. The summed E-state index contributed by atoms with van der Waals surface area (Å²) in [5.74, 6) is -0.840. The van der Waals surface area contributed by atoms with Crippen LogP contribution in [0.3, 0.4) is 0 Å². The van der Waals surface area contributed by atoms with Crippen molar-refractivity contribution in [3.8, 4) is 0 Å². The first-order chi connectivity index (χ1) is 14.7. The number of halogens is 1. The maximum absolute atomic E-state index is 12.9. The molecular formula is C19H17FN4O4S3. The second-order valence-electron chi connectivity index (χ2n) is 6.24. The van der Waals surface area contributed by atoms with Gasteiger partial charge in [-0.1, -0.05) is 11.8 Å². The number of sulfonamides is 1. The van der Waals surface area contributed by atoms with Gasteiger partial charge < -0.3 is 10.6 Å². The third-order valence-corrected chi connectivity index (χ3v) is 6.79. The molecule has 0 aliphatic carbocycles. The quantitative estimate of drug-likeness (QED) is 0.425. The molecule has 2 aromatic carbocycles. The highest BCUT2D eigenvalue weighted by Gasteiger charge is 2.12. The number of benzene rings is 2. The fourth-order valence-electron chi connectivity index (χ4n) is 2.39. The molecule has 4 N–H and O–H groups in total. The van der Waals surface area contributed by atoms with Crippen molar-refractivity contribution in [2.45, 2.75) is 15.7 Å². The van der Waals surface area contributed by atoms with E-state index >= 15 is 0 Å². The van der Waals surface area contributed by atoms with Crippen LogP contribution in [0.5, 0.6) is 0 Å². The zero-order valence-electron chi connectivity index (χ0n) is 15.9. The van der Waals surface area contributed by atoms with Crippen LogP contribution in [0.1, 0.15) is 5.69 Å². The SMILES string of the molecule is NS(=O)(=O)c1ccc(NC(=O)Cc2csc(SCC(=O)Nc3ccc(F)cc3)n2)cc1. The highest BCUT2D eigenvalue weighted by molar-refractivity contribution is 8.01. The number of thiazole rings is 1. The Kier molecular flexibility index (Phi) is 7.38. The number of nitrogens with two attached hydrogens (primary N) is 1. The third kappa shape index (κ3) is 7.14. The minimum Gasteiger partial charge on any atom is -0.326 e. The number of hydrogen-bond acceptors (Lipinski definition) is 7. The Labute approximate surface area is 186 Å². The molecule has 0 atom stereocenters. The van der Waals surface area contributed by atoms with Crippen molar-refractivity contribution in [2.24, 2.45) is 5.14 Å². The molecule has 1 aromatic heterocycles. The van der Waals surface area contributed by atoms with Crippen molar-refractivity contribution >= 4 is 56.3 Å². The molecule has 0 saturated heterocycles. The van der Waals surface area contributed by atoms with Crippen LogP contribution < -0.4 is 15.8 Å². The van der Waals surface area contributed by atoms with Crippen molar-refractivity contribution in [3.63, 3.8) is 0 Å². The first-order valence-electron chi connectivity index (χ1n) is 8.74. The molecule has 3 rings (SSSR count). The molecule has 162 valence electrons. The largest absolute Gasteiger partial charge is 0.326 e. The fourth-order valence-corrected chi connectivity index (χ4v) is 4.55. The number of hydrogen-bond donors (Lipinski definition) is 3. The highest BCUT2D eigenvalue weighted by Crippen LogP contribution is 2.23. The number of amides is 2. The molecule has 0 unspecified atom stereocenters. The number of primary sulfonamides is 1. The van der Waals surface area contributed by atoms with E-state index in [1.807, 2.05) is 0 Å². The van der Waals surface area contributed by atoms with E-state index in [-0.39, 0.29) is 34.7 Å². The van der Waals surface area contributed by atoms with Gasteiger partial charge in [0.05, 0.1) is 22.8 Å². The molecule has 0 bridgehead atoms. The molecule has 0 radical (unpaired) electrons. The third-order valence-electron chi connectivity index (χ3n) is 3.79. The number of thioether (sulfide) groups is 1. The van der Waals surface area contributed by atoms with Crippen molar-refractivity contribution in [3.05, 3.63) is 65.4 Å². The zero-order chi connectivity index (χ0) is 22.4. The van der Waals surface area contributed by atoms with Crippen LogP contribution in [-0.4, -0.2) is 31.0 Å². The van der Waals surface area contributed by atoms with Gasteiger partial charge in [0.25, 0.3) is 0 Å². The van der Waals surface area contributed by atoms with E-state index in [1.54, 1.807) is 5.38 Å². The molecule has 12 heteroatoms. The van der Waals surface area contributed by atoms with E-state index in [0.717, 1.165) is 0 Å². The van der Waals surface area contributed by atoms with Gasteiger partial charge in [-0.2, -0.15) is 0 Å². The lowest BCUT2D eigenvalue weighted by molar-refractivity contribution is -0.116. The number of anilines is 2. The van der Waals surface area contributed by atoms with Gasteiger partial charge in [0.15, 0.2) is 4.34 Å². The molecule has 1 heterocycles. The predicted molar refractivity (Wildman–Crippen MR) is 118 cm³/mol. The number of rotatable bonds is 8. The van der Waals surface area contributed by atoms with Gasteiger partial charge in [-0.25, -0.2) is 22.9 Å². The van der Waals surface area contributed by atoms with Gasteiger partial charge in [0.1, 0.15) is 5.82 Å². The summed E-state index contributed by atoms with van der Waals surface area (Å²) in [6.07, 6.45) is 0.0236. The zero-order valence-corrected chi connectivity index (χ0v) is 18.3. The number of carbonyl (C=O) groups is 2. The van der Waals surface area contributed by atoms with Crippen LogP contribution in [0.25, 0.3) is 0 Å². The normalized spacial score (nSPS) is 11.2. The molecular weight excluding hydrogens is 463 g/mol. The smallest absolute Gasteiger partial charge is 0.238 e. The first kappa shape index (κ1) is 22.9. The molecule has 8 nitrogen and oxygen atoms in total. The Morgan fingerprint density at radius 2 is 1.58 bits per heavy atom. The van der Waals surface area contributed by atoms with E-state index < -0.39 is 10.0 Å². The lowest BCUT2D eigenvalue weighted by Gasteiger charge is -2.05. The van der Waals surface area contributed by atoms with Crippen LogP contribution in [0.15, 0.2) is 63.1 Å². The summed E-state index contributed by atoms with van der Waals surface area (Å²) in [5, 5.41) is 12.1. The average molecular weight is 481 g/mol. The minimum absolute atomic E-state index is 0.0236. The molecule has 0 aliphatic rings. The van der Waals surface area contributed by atoms with Gasteiger partial charge in [0.2, 0.25) is 21.8 Å². The molecule has 31 heavy (non-hydrogen) atoms. The van der Waals surface area contributed by atoms with Crippen LogP contribution >= 0.6 is 23.1 Å². The number of nitrogens with one attached hydrogen (secondary N) is 2. The lowest BCUT2D eigenvalue weighted by Crippen LogP contribution is -2.15. The molecule has 0 aliphatic heterocycles. The standard InChI is InChI=1S/C19H17FN4O4S3/c20-12-1-3-13(4-2-12)23-18(26)11-30-19-24-15(10-29-19)9-17(25)22-14-5-7-16(8-6-14)31(21,27)28/h1-8,10H,9,11H2,(H,22,25)(H,23,26)(H2,21,27,28). The van der Waals surface area contributed by atoms with Gasteiger partial charge in [-0.15, -0.1) is 11.3 Å². The predicted octanol–water partition coefficient (Wildman–Crippen LogP) is 2.84. The van der Waals surface area contributed by atoms with Crippen molar-refractivity contribution in [1.82, 2.24) is 4.98 Å². The molecule has 0 saturated carbocycles. The summed E-state index contributed by atoms with van der Waals surface area (Å²) in [6, 6.07) is 11.0. The highest BCUT2D eigenvalue weighted by atomic mass is 32.2. The maximum Gasteiger partial charge on any atom is 0.238 e. The van der Waals surface area contributed by atoms with Crippen molar-refractivity contribution in [2.75, 3.05) is 16.4 Å². The fraction of sp³-hybridized carbons (Fsp3) is 0.105. The van der Waals surface area contributed by atoms with Crippen LogP contribution in [-0.2, 0) is 26.0 Å². The van der Waals surface area contributed by atoms with Crippen molar-refractivity contribution in [1.29, 1.82) is 0 Å². The molecule has 2 amide bonds. The number of nitrogens with zero attached hydrogens (tertiary/aromatic N) is 1. The van der Waals surface area contributed by atoms with Gasteiger partial charge in [-0.3, -0.25) is 9.59 Å². The second kappa shape index (κ2) is 10.0. The van der Waals surface area contributed by atoms with E-state index in [1.165, 1.54) is 71.6 Å². The van der Waals surface area contributed by atoms with E-state index in [4.69, 9.17) is 5.14 Å². The lowest BCUT2D eigenvalue weighted by atomic mass is 10.3. The van der Waals surface area contributed by atoms with Gasteiger partial charge >= 0.3 is 0 Å². The summed E-state index contributed by atoms with van der Waals surface area (Å²) in [6.45, 7) is 0. The van der Waals surface area contributed by atoms with Crippen molar-refractivity contribution < 1.29 is 22.4 Å². The van der Waals surface area contributed by atoms with Gasteiger partial charge in [-0.05, 0) is 48.5 Å². The Bertz CT molecular complexity index is 1180. The maximum atomic E-state index is 12.9. The Hall–Kier alpha value is -2.80. The van der Waals surface area contributed by atoms with E-state index in [9.17, 15) is 22.4 Å². The number of carbonyl (C=O) groups excluding carboxylic acids is 2. The summed E-state index contributed by atoms with van der Waals surface area (Å²) in [7, 11) is -3.79. The van der Waals surface area contributed by atoms with Crippen LogP contribution in [0.2, 0.25) is 0 Å². The monoisotopic (exact) mass is 480 g/mol. The molecule has 0 fully saturated rings. The number of aromatic nitrogens is 1. The Balaban J connectivity index is 1.47. The molecule has 0 spiro atoms. The van der Waals surface area contributed by atoms with Gasteiger partial charge in [0, 0.05) is 16.8 Å². The summed E-state index contributed by atoms with van der Waals surface area (Å²) in [5.41, 5.74) is 1.48. The van der Waals surface area contributed by atoms with Crippen LogP contribution in [0.4, 0.5) is 15.8 Å². The van der Waals surface area contributed by atoms with Crippen LogP contribution in [0, 0.1) is 5.82 Å². The topological polar surface area (TPSA) is 131 Å². The molecule has 3 aromatic rings. The van der Waals surface area contributed by atoms with E-state index in [0.29, 0.717) is 21.4 Å². The summed E-state index contributed by atoms with van der Waals surface area (Å²) < 4.78 is 36.0. The Morgan fingerprint density at radius 3 is 2.19 bits per heavy atom.